The summed E-state index contributed by atoms with van der Waals surface area (Å²) in [6.45, 7) is 0. The fourth-order valence-corrected chi connectivity index (χ4v) is 2.47. The van der Waals surface area contributed by atoms with Crippen LogP contribution in [0.4, 0.5) is 11.4 Å². The van der Waals surface area contributed by atoms with Crippen molar-refractivity contribution in [2.24, 2.45) is 7.05 Å². The number of amides is 1. The zero-order valence-electron chi connectivity index (χ0n) is 13.4. The van der Waals surface area contributed by atoms with Crippen LogP contribution in [0.15, 0.2) is 48.9 Å². The normalized spacial score (nSPS) is 10.4. The second kappa shape index (κ2) is 7.19. The molecule has 26 heavy (non-hydrogen) atoms. The molecule has 0 saturated carbocycles. The Balaban J connectivity index is 1.91. The van der Waals surface area contributed by atoms with Crippen molar-refractivity contribution in [1.82, 2.24) is 14.8 Å². The first-order chi connectivity index (χ1) is 12.4. The Bertz CT molecular complexity index is 955. The summed E-state index contributed by atoms with van der Waals surface area (Å²) in [5, 5.41) is 17.8. The van der Waals surface area contributed by atoms with Gasteiger partial charge >= 0.3 is 0 Å². The predicted molar refractivity (Wildman–Crippen MR) is 93.6 cm³/mol. The number of anilines is 1. The quantitative estimate of drug-likeness (QED) is 0.541. The highest BCUT2D eigenvalue weighted by atomic mass is 35.5. The van der Waals surface area contributed by atoms with Crippen molar-refractivity contribution in [2.75, 3.05) is 5.32 Å². The maximum atomic E-state index is 12.4. The van der Waals surface area contributed by atoms with Gasteiger partial charge in [-0.3, -0.25) is 24.6 Å². The van der Waals surface area contributed by atoms with Gasteiger partial charge in [-0.1, -0.05) is 11.6 Å². The number of nitro benzene ring substituents is 1. The molecule has 0 radical (unpaired) electrons. The zero-order valence-corrected chi connectivity index (χ0v) is 14.2. The van der Waals surface area contributed by atoms with Crippen molar-refractivity contribution in [3.8, 4) is 11.5 Å². The van der Waals surface area contributed by atoms with Crippen molar-refractivity contribution in [1.29, 1.82) is 0 Å². The lowest BCUT2D eigenvalue weighted by Gasteiger charge is -2.09. The van der Waals surface area contributed by atoms with Gasteiger partial charge in [0.2, 0.25) is 0 Å². The van der Waals surface area contributed by atoms with Gasteiger partial charge < -0.3 is 10.1 Å². The highest BCUT2D eigenvalue weighted by molar-refractivity contribution is 6.34. The van der Waals surface area contributed by atoms with Crippen molar-refractivity contribution in [3.63, 3.8) is 0 Å². The van der Waals surface area contributed by atoms with Crippen LogP contribution in [-0.4, -0.2) is 25.6 Å². The summed E-state index contributed by atoms with van der Waals surface area (Å²) in [6, 6.07) is 7.25. The van der Waals surface area contributed by atoms with Gasteiger partial charge in [0.25, 0.3) is 11.6 Å². The maximum Gasteiger partial charge on any atom is 0.275 e. The molecule has 0 unspecified atom stereocenters. The second-order valence-electron chi connectivity index (χ2n) is 5.18. The Hall–Kier alpha value is -3.46. The van der Waals surface area contributed by atoms with Crippen LogP contribution in [0.5, 0.6) is 11.5 Å². The number of aryl methyl sites for hydroxylation is 1. The Kier molecular flexibility index (Phi) is 4.81. The van der Waals surface area contributed by atoms with Crippen molar-refractivity contribution >= 4 is 28.9 Å². The number of carbonyl (C=O) groups is 1. The minimum atomic E-state index is -0.581. The first kappa shape index (κ1) is 17.4. The molecular weight excluding hydrogens is 362 g/mol. The zero-order chi connectivity index (χ0) is 18.7. The number of hydrogen-bond donors (Lipinski definition) is 1. The summed E-state index contributed by atoms with van der Waals surface area (Å²) in [4.78, 5) is 26.9. The number of benzene rings is 1. The molecule has 132 valence electrons. The molecule has 0 saturated heterocycles. The number of carbonyl (C=O) groups excluding carboxylic acids is 1. The lowest BCUT2D eigenvalue weighted by Crippen LogP contribution is -2.16. The minimum Gasteiger partial charge on any atom is -0.455 e. The third-order valence-corrected chi connectivity index (χ3v) is 3.62. The van der Waals surface area contributed by atoms with E-state index in [2.05, 4.69) is 15.4 Å². The SMILES string of the molecule is Cn1ncc(Cl)c1C(=O)Nc1cc(Oc2cccnc2)cc([N+](=O)[O-])c1. The van der Waals surface area contributed by atoms with Gasteiger partial charge in [0.1, 0.15) is 17.2 Å². The molecule has 3 rings (SSSR count). The van der Waals surface area contributed by atoms with Crippen LogP contribution < -0.4 is 10.1 Å². The summed E-state index contributed by atoms with van der Waals surface area (Å²) in [7, 11) is 1.56. The lowest BCUT2D eigenvalue weighted by molar-refractivity contribution is -0.384. The van der Waals surface area contributed by atoms with E-state index >= 15 is 0 Å². The lowest BCUT2D eigenvalue weighted by atomic mass is 10.2. The average molecular weight is 374 g/mol. The second-order valence-corrected chi connectivity index (χ2v) is 5.59. The van der Waals surface area contributed by atoms with E-state index < -0.39 is 10.8 Å². The van der Waals surface area contributed by atoms with Gasteiger partial charge in [-0.25, -0.2) is 0 Å². The molecule has 9 nitrogen and oxygen atoms in total. The molecule has 0 aliphatic carbocycles. The van der Waals surface area contributed by atoms with Crippen LogP contribution in [0.25, 0.3) is 0 Å². The number of hydrogen-bond acceptors (Lipinski definition) is 6. The van der Waals surface area contributed by atoms with Crippen LogP contribution in [-0.2, 0) is 7.05 Å². The van der Waals surface area contributed by atoms with Crippen molar-refractivity contribution < 1.29 is 14.5 Å². The van der Waals surface area contributed by atoms with Crippen LogP contribution >= 0.6 is 11.6 Å². The molecular formula is C16H12ClN5O4. The largest absolute Gasteiger partial charge is 0.455 e. The van der Waals surface area contributed by atoms with E-state index in [0.717, 1.165) is 0 Å². The van der Waals surface area contributed by atoms with E-state index in [1.165, 1.54) is 35.3 Å². The smallest absolute Gasteiger partial charge is 0.275 e. The number of rotatable bonds is 5. The highest BCUT2D eigenvalue weighted by Gasteiger charge is 2.18. The molecule has 1 amide bonds. The summed E-state index contributed by atoms with van der Waals surface area (Å²) in [5.41, 5.74) is 0.0750. The highest BCUT2D eigenvalue weighted by Crippen LogP contribution is 2.30. The Morgan fingerprint density at radius 3 is 2.73 bits per heavy atom. The van der Waals surface area contributed by atoms with Crippen molar-refractivity contribution in [2.45, 2.75) is 0 Å². The summed E-state index contributed by atoms with van der Waals surface area (Å²) in [5.74, 6) is 0.0291. The van der Waals surface area contributed by atoms with Crippen LogP contribution in [0, 0.1) is 10.1 Å². The van der Waals surface area contributed by atoms with Crippen molar-refractivity contribution in [3.05, 3.63) is 69.8 Å². The summed E-state index contributed by atoms with van der Waals surface area (Å²) in [6.07, 6.45) is 4.37. The molecule has 0 fully saturated rings. The fourth-order valence-electron chi connectivity index (χ4n) is 2.22. The first-order valence-corrected chi connectivity index (χ1v) is 7.68. The van der Waals surface area contributed by atoms with E-state index in [0.29, 0.717) is 5.75 Å². The molecule has 1 N–H and O–H groups in total. The average Bonchev–Trinajstić information content (AvgIpc) is 2.94. The third-order valence-electron chi connectivity index (χ3n) is 3.34. The molecule has 2 aromatic heterocycles. The fraction of sp³-hybridized carbons (Fsp3) is 0.0625. The van der Waals surface area contributed by atoms with Gasteiger partial charge in [-0.05, 0) is 12.1 Å². The van der Waals surface area contributed by atoms with Gasteiger partial charge in [-0.15, -0.1) is 0 Å². The van der Waals surface area contributed by atoms with Gasteiger partial charge in [0.15, 0.2) is 0 Å². The molecule has 3 aromatic rings. The van der Waals surface area contributed by atoms with E-state index in [4.69, 9.17) is 16.3 Å². The van der Waals surface area contributed by atoms with Crippen LogP contribution in [0.3, 0.4) is 0 Å². The predicted octanol–water partition coefficient (Wildman–Crippen LogP) is 3.42. The van der Waals surface area contributed by atoms with Crippen LogP contribution in [0.1, 0.15) is 10.5 Å². The maximum absolute atomic E-state index is 12.4. The standard InChI is InChI=1S/C16H12ClN5O4/c1-21-15(14(17)9-19-21)16(23)20-10-5-11(22(24)25)7-13(6-10)26-12-3-2-4-18-8-12/h2-9H,1H3,(H,20,23). The first-order valence-electron chi connectivity index (χ1n) is 7.30. The number of pyridine rings is 1. The van der Waals surface area contributed by atoms with Crippen LogP contribution in [0.2, 0.25) is 5.02 Å². The Morgan fingerprint density at radius 2 is 2.12 bits per heavy atom. The summed E-state index contributed by atoms with van der Waals surface area (Å²) >= 11 is 5.94. The molecule has 0 atom stereocenters. The molecule has 0 aliphatic heterocycles. The number of halogens is 1. The number of nitrogens with one attached hydrogen (secondary N) is 1. The molecule has 1 aromatic carbocycles. The molecule has 0 spiro atoms. The van der Waals surface area contributed by atoms with E-state index in [9.17, 15) is 14.9 Å². The van der Waals surface area contributed by atoms with Gasteiger partial charge in [-0.2, -0.15) is 5.10 Å². The number of aromatic nitrogens is 3. The Morgan fingerprint density at radius 1 is 1.31 bits per heavy atom. The van der Waals surface area contributed by atoms with Gasteiger partial charge in [0.05, 0.1) is 34.1 Å². The third kappa shape index (κ3) is 3.78. The monoisotopic (exact) mass is 373 g/mol. The topological polar surface area (TPSA) is 112 Å². The molecule has 0 aliphatic rings. The van der Waals surface area contributed by atoms with E-state index in [1.807, 2.05) is 0 Å². The number of nitrogens with zero attached hydrogens (tertiary/aromatic N) is 4. The molecule has 2 heterocycles. The van der Waals surface area contributed by atoms with E-state index in [-0.39, 0.29) is 27.8 Å². The number of nitro groups is 1. The van der Waals surface area contributed by atoms with Gasteiger partial charge in [0, 0.05) is 25.4 Å². The molecule has 0 bridgehead atoms. The van der Waals surface area contributed by atoms with E-state index in [1.54, 1.807) is 25.4 Å². The summed E-state index contributed by atoms with van der Waals surface area (Å²) < 4.78 is 6.88. The Labute approximate surface area is 152 Å². The molecule has 10 heteroatoms. The number of ether oxygens (including phenoxy) is 1. The minimum absolute atomic E-state index is 0.132. The number of non-ortho nitro benzene ring substituents is 1.